The van der Waals surface area contributed by atoms with Gasteiger partial charge in [-0.25, -0.2) is 4.79 Å². The molecule has 0 fully saturated rings. The molecule has 0 saturated heterocycles. The molecular weight excluding hydrogens is 196 g/mol. The van der Waals surface area contributed by atoms with E-state index < -0.39 is 5.97 Å². The second kappa shape index (κ2) is 3.53. The second-order valence-corrected chi connectivity index (χ2v) is 2.88. The standard InChI is InChI=1S/C10H8N2O3/c1-15-7-5-12-6-3-2-4-11-9(6)8(7)10(13)14/h2-5H,1H3,(H,13,14). The van der Waals surface area contributed by atoms with Crippen LogP contribution in [0.5, 0.6) is 5.75 Å². The quantitative estimate of drug-likeness (QED) is 0.799. The third kappa shape index (κ3) is 1.48. The van der Waals surface area contributed by atoms with Crippen LogP contribution in [-0.2, 0) is 0 Å². The van der Waals surface area contributed by atoms with E-state index in [4.69, 9.17) is 9.84 Å². The van der Waals surface area contributed by atoms with Gasteiger partial charge in [0.15, 0.2) is 5.75 Å². The van der Waals surface area contributed by atoms with Gasteiger partial charge in [-0.15, -0.1) is 0 Å². The Morgan fingerprint density at radius 3 is 2.93 bits per heavy atom. The summed E-state index contributed by atoms with van der Waals surface area (Å²) in [6.45, 7) is 0. The molecule has 0 aliphatic heterocycles. The first-order chi connectivity index (χ1) is 7.24. The molecule has 2 rings (SSSR count). The Morgan fingerprint density at radius 1 is 1.47 bits per heavy atom. The number of carboxylic acid groups (broad SMARTS) is 1. The van der Waals surface area contributed by atoms with Gasteiger partial charge >= 0.3 is 5.97 Å². The highest BCUT2D eigenvalue weighted by atomic mass is 16.5. The number of methoxy groups -OCH3 is 1. The number of pyridine rings is 2. The Morgan fingerprint density at radius 2 is 2.27 bits per heavy atom. The molecule has 0 atom stereocenters. The molecule has 76 valence electrons. The number of carbonyl (C=O) groups is 1. The lowest BCUT2D eigenvalue weighted by atomic mass is 10.2. The smallest absolute Gasteiger partial charge is 0.341 e. The van der Waals surface area contributed by atoms with E-state index >= 15 is 0 Å². The maximum atomic E-state index is 11.0. The number of hydrogen-bond acceptors (Lipinski definition) is 4. The van der Waals surface area contributed by atoms with Crippen molar-refractivity contribution in [1.29, 1.82) is 0 Å². The molecule has 2 aromatic rings. The first-order valence-electron chi connectivity index (χ1n) is 4.25. The van der Waals surface area contributed by atoms with Gasteiger partial charge in [0.2, 0.25) is 0 Å². The Balaban J connectivity index is 2.85. The van der Waals surface area contributed by atoms with Crippen LogP contribution >= 0.6 is 0 Å². The van der Waals surface area contributed by atoms with Crippen LogP contribution in [0.25, 0.3) is 11.0 Å². The van der Waals surface area contributed by atoms with Gasteiger partial charge < -0.3 is 9.84 Å². The van der Waals surface area contributed by atoms with Crippen molar-refractivity contribution in [3.63, 3.8) is 0 Å². The van der Waals surface area contributed by atoms with Crippen molar-refractivity contribution in [1.82, 2.24) is 9.97 Å². The van der Waals surface area contributed by atoms with Crippen molar-refractivity contribution in [2.24, 2.45) is 0 Å². The minimum atomic E-state index is -1.07. The summed E-state index contributed by atoms with van der Waals surface area (Å²) < 4.78 is 4.93. The van der Waals surface area contributed by atoms with E-state index in [0.29, 0.717) is 11.0 Å². The van der Waals surface area contributed by atoms with Crippen molar-refractivity contribution in [2.75, 3.05) is 7.11 Å². The lowest BCUT2D eigenvalue weighted by molar-refractivity contribution is 0.0695. The van der Waals surface area contributed by atoms with E-state index in [2.05, 4.69) is 9.97 Å². The molecule has 1 N–H and O–H groups in total. The average Bonchev–Trinajstić information content (AvgIpc) is 2.27. The molecule has 2 aromatic heterocycles. The third-order valence-electron chi connectivity index (χ3n) is 2.02. The lowest BCUT2D eigenvalue weighted by Gasteiger charge is -2.06. The molecule has 0 aliphatic carbocycles. The zero-order valence-corrected chi connectivity index (χ0v) is 7.97. The Labute approximate surface area is 85.4 Å². The lowest BCUT2D eigenvalue weighted by Crippen LogP contribution is -2.03. The largest absolute Gasteiger partial charge is 0.494 e. The number of nitrogens with zero attached hydrogens (tertiary/aromatic N) is 2. The Kier molecular flexibility index (Phi) is 2.21. The van der Waals surface area contributed by atoms with Gasteiger partial charge in [-0.05, 0) is 12.1 Å². The molecule has 0 radical (unpaired) electrons. The van der Waals surface area contributed by atoms with E-state index in [1.807, 2.05) is 0 Å². The second-order valence-electron chi connectivity index (χ2n) is 2.88. The number of hydrogen-bond donors (Lipinski definition) is 1. The molecule has 0 aliphatic rings. The maximum absolute atomic E-state index is 11.0. The van der Waals surface area contributed by atoms with Crippen molar-refractivity contribution in [3.8, 4) is 5.75 Å². The fourth-order valence-electron chi connectivity index (χ4n) is 1.36. The van der Waals surface area contributed by atoms with Gasteiger partial charge in [0.05, 0.1) is 18.8 Å². The summed E-state index contributed by atoms with van der Waals surface area (Å²) >= 11 is 0. The molecule has 0 aromatic carbocycles. The normalized spacial score (nSPS) is 10.2. The third-order valence-corrected chi connectivity index (χ3v) is 2.02. The number of ether oxygens (including phenoxy) is 1. The number of rotatable bonds is 2. The minimum Gasteiger partial charge on any atom is -0.494 e. The van der Waals surface area contributed by atoms with E-state index in [0.717, 1.165) is 0 Å². The van der Waals surface area contributed by atoms with E-state index in [1.165, 1.54) is 19.5 Å². The summed E-state index contributed by atoms with van der Waals surface area (Å²) in [5, 5.41) is 9.05. The summed E-state index contributed by atoms with van der Waals surface area (Å²) in [4.78, 5) is 19.1. The number of carboxylic acids is 1. The summed E-state index contributed by atoms with van der Waals surface area (Å²) in [7, 11) is 1.40. The zero-order chi connectivity index (χ0) is 10.8. The molecular formula is C10H8N2O3. The molecule has 0 unspecified atom stereocenters. The van der Waals surface area contributed by atoms with E-state index in [1.54, 1.807) is 12.1 Å². The summed E-state index contributed by atoms with van der Waals surface area (Å²) in [6, 6.07) is 3.40. The van der Waals surface area contributed by atoms with Crippen LogP contribution in [0.1, 0.15) is 10.4 Å². The molecule has 15 heavy (non-hydrogen) atoms. The molecule has 0 spiro atoms. The summed E-state index contributed by atoms with van der Waals surface area (Å²) in [5.74, 6) is -0.855. The highest BCUT2D eigenvalue weighted by Gasteiger charge is 2.16. The fraction of sp³-hybridized carbons (Fsp3) is 0.100. The van der Waals surface area contributed by atoms with Gasteiger partial charge in [-0.3, -0.25) is 9.97 Å². The van der Waals surface area contributed by atoms with Gasteiger partial charge in [-0.2, -0.15) is 0 Å². The Bertz CT molecular complexity index is 525. The van der Waals surface area contributed by atoms with Crippen LogP contribution in [-0.4, -0.2) is 28.2 Å². The summed E-state index contributed by atoms with van der Waals surface area (Å²) in [5.41, 5.74) is 0.920. The van der Waals surface area contributed by atoms with Gasteiger partial charge in [0.25, 0.3) is 0 Å². The predicted octanol–water partition coefficient (Wildman–Crippen LogP) is 1.34. The molecule has 5 heteroatoms. The first-order valence-corrected chi connectivity index (χ1v) is 4.25. The van der Waals surface area contributed by atoms with Crippen molar-refractivity contribution >= 4 is 17.0 Å². The molecule has 5 nitrogen and oxygen atoms in total. The van der Waals surface area contributed by atoms with Crippen LogP contribution in [0.4, 0.5) is 0 Å². The maximum Gasteiger partial charge on any atom is 0.341 e. The van der Waals surface area contributed by atoms with Crippen molar-refractivity contribution in [2.45, 2.75) is 0 Å². The Hall–Kier alpha value is -2.17. The highest BCUT2D eigenvalue weighted by Crippen LogP contribution is 2.23. The van der Waals surface area contributed by atoms with Gasteiger partial charge in [0.1, 0.15) is 11.1 Å². The summed E-state index contributed by atoms with van der Waals surface area (Å²) in [6.07, 6.45) is 2.91. The van der Waals surface area contributed by atoms with Crippen molar-refractivity contribution < 1.29 is 14.6 Å². The number of fused-ring (bicyclic) bond motifs is 1. The number of aromatic carboxylic acids is 1. The zero-order valence-electron chi connectivity index (χ0n) is 7.97. The average molecular weight is 204 g/mol. The van der Waals surface area contributed by atoms with Gasteiger partial charge in [-0.1, -0.05) is 0 Å². The first kappa shape index (κ1) is 9.39. The van der Waals surface area contributed by atoms with Crippen LogP contribution in [0.3, 0.4) is 0 Å². The topological polar surface area (TPSA) is 72.3 Å². The molecule has 0 saturated carbocycles. The predicted molar refractivity (Wildman–Crippen MR) is 53.0 cm³/mol. The minimum absolute atomic E-state index is 0.0445. The SMILES string of the molecule is COc1cnc2cccnc2c1C(=O)O. The van der Waals surface area contributed by atoms with Crippen LogP contribution in [0, 0.1) is 0 Å². The van der Waals surface area contributed by atoms with Gasteiger partial charge in [0, 0.05) is 6.20 Å². The van der Waals surface area contributed by atoms with Crippen LogP contribution < -0.4 is 4.74 Å². The molecule has 0 amide bonds. The van der Waals surface area contributed by atoms with Crippen LogP contribution in [0.2, 0.25) is 0 Å². The molecule has 2 heterocycles. The van der Waals surface area contributed by atoms with Crippen molar-refractivity contribution in [3.05, 3.63) is 30.1 Å². The highest BCUT2D eigenvalue weighted by molar-refractivity contribution is 6.03. The molecule has 0 bridgehead atoms. The number of aromatic nitrogens is 2. The van der Waals surface area contributed by atoms with Crippen LogP contribution in [0.15, 0.2) is 24.5 Å². The van der Waals surface area contributed by atoms with E-state index in [-0.39, 0.29) is 11.3 Å². The monoisotopic (exact) mass is 204 g/mol. The fourth-order valence-corrected chi connectivity index (χ4v) is 1.36. The van der Waals surface area contributed by atoms with E-state index in [9.17, 15) is 4.79 Å².